The molecular weight excluding hydrogens is 412 g/mol. The fourth-order valence-electron chi connectivity index (χ4n) is 10.2. The van der Waals surface area contributed by atoms with E-state index < -0.39 is 23.2 Å². The zero-order chi connectivity index (χ0) is 23.8. The summed E-state index contributed by atoms with van der Waals surface area (Å²) in [5, 5.41) is 22.0. The highest BCUT2D eigenvalue weighted by molar-refractivity contribution is 5.94. The van der Waals surface area contributed by atoms with Crippen molar-refractivity contribution in [2.45, 2.75) is 117 Å². The molecule has 6 rings (SSSR count). The minimum absolute atomic E-state index is 0.0998. The lowest BCUT2D eigenvalue weighted by atomic mass is 9.40. The normalized spacial score (nSPS) is 50.6. The molecule has 2 aliphatic heterocycles. The summed E-state index contributed by atoms with van der Waals surface area (Å²) in [5.74, 6) is 4.09. The fraction of sp³-hybridized carbons (Fsp3) is 0.966. The Morgan fingerprint density at radius 3 is 2.52 bits per heavy atom. The molecule has 0 aromatic carbocycles. The van der Waals surface area contributed by atoms with Gasteiger partial charge in [0.15, 0.2) is 5.78 Å². The van der Waals surface area contributed by atoms with Crippen LogP contribution in [0.15, 0.2) is 0 Å². The number of fused-ring (bicyclic) bond motifs is 2. The van der Waals surface area contributed by atoms with E-state index in [-0.39, 0.29) is 23.5 Å². The van der Waals surface area contributed by atoms with Crippen molar-refractivity contribution < 1.29 is 19.7 Å². The van der Waals surface area contributed by atoms with Gasteiger partial charge in [-0.3, -0.25) is 4.79 Å². The van der Waals surface area contributed by atoms with Crippen LogP contribution in [0, 0.1) is 52.3 Å². The van der Waals surface area contributed by atoms with E-state index in [9.17, 15) is 15.0 Å². The highest BCUT2D eigenvalue weighted by Crippen LogP contribution is 2.70. The van der Waals surface area contributed by atoms with Gasteiger partial charge in [0.2, 0.25) is 0 Å². The zero-order valence-electron chi connectivity index (χ0n) is 21.7. The van der Waals surface area contributed by atoms with E-state index >= 15 is 0 Å². The van der Waals surface area contributed by atoms with Crippen molar-refractivity contribution in [3.63, 3.8) is 0 Å². The molecule has 6 aliphatic rings. The molecule has 2 bridgehead atoms. The van der Waals surface area contributed by atoms with E-state index in [0.29, 0.717) is 24.9 Å². The Labute approximate surface area is 201 Å². The first-order chi connectivity index (χ1) is 15.6. The molecule has 1 spiro atoms. The average molecular weight is 461 g/mol. The standard InChI is InChI=1S/C29H48O4/c1-6-19(17(2)3)8-7-18(4)21-9-10-22-24-23(12-13-27(21,22)5)28-14-11-20(30)15-29(28,32)26(31)25(24)33-16-28/h17-25,30,32H,6-16H2,1-5H3/t18?,19?,20-,21+,22-,23-,24-,25+,27+,28-,29-/m0/s1. The van der Waals surface area contributed by atoms with E-state index in [4.69, 9.17) is 4.74 Å². The minimum atomic E-state index is -1.38. The maximum atomic E-state index is 13.6. The molecule has 4 heteroatoms. The van der Waals surface area contributed by atoms with Gasteiger partial charge in [0, 0.05) is 11.8 Å². The van der Waals surface area contributed by atoms with Gasteiger partial charge in [-0.1, -0.05) is 47.5 Å². The third-order valence-corrected chi connectivity index (χ3v) is 12.1. The van der Waals surface area contributed by atoms with Gasteiger partial charge < -0.3 is 14.9 Å². The number of ether oxygens (including phenoxy) is 1. The van der Waals surface area contributed by atoms with Crippen LogP contribution in [0.25, 0.3) is 0 Å². The number of hydrogen-bond donors (Lipinski definition) is 2. The number of rotatable bonds is 6. The summed E-state index contributed by atoms with van der Waals surface area (Å²) in [6, 6.07) is 0. The summed E-state index contributed by atoms with van der Waals surface area (Å²) in [7, 11) is 0. The van der Waals surface area contributed by atoms with Gasteiger partial charge in [0.05, 0.1) is 12.7 Å². The van der Waals surface area contributed by atoms with Crippen LogP contribution in [0.2, 0.25) is 0 Å². The van der Waals surface area contributed by atoms with E-state index in [1.54, 1.807) is 0 Å². The van der Waals surface area contributed by atoms with Crippen LogP contribution >= 0.6 is 0 Å². The smallest absolute Gasteiger partial charge is 0.194 e. The molecule has 2 saturated heterocycles. The summed E-state index contributed by atoms with van der Waals surface area (Å²) in [5.41, 5.74) is -1.57. The van der Waals surface area contributed by atoms with Gasteiger partial charge in [-0.2, -0.15) is 0 Å². The van der Waals surface area contributed by atoms with Gasteiger partial charge in [-0.05, 0) is 91.8 Å². The molecule has 6 fully saturated rings. The Bertz CT molecular complexity index is 765. The highest BCUT2D eigenvalue weighted by Gasteiger charge is 2.75. The quantitative estimate of drug-likeness (QED) is 0.558. The molecule has 0 aromatic rings. The molecule has 4 saturated carbocycles. The van der Waals surface area contributed by atoms with Crippen molar-refractivity contribution in [2.24, 2.45) is 52.3 Å². The first kappa shape index (κ1) is 24.3. The van der Waals surface area contributed by atoms with Crippen LogP contribution in [0.3, 0.4) is 0 Å². The number of hydrogen-bond acceptors (Lipinski definition) is 4. The Balaban J connectivity index is 1.38. The molecule has 2 unspecified atom stereocenters. The Morgan fingerprint density at radius 1 is 1.06 bits per heavy atom. The number of ketones is 1. The van der Waals surface area contributed by atoms with Crippen LogP contribution in [-0.4, -0.2) is 40.4 Å². The van der Waals surface area contributed by atoms with Crippen molar-refractivity contribution in [3.8, 4) is 0 Å². The molecule has 188 valence electrons. The molecule has 33 heavy (non-hydrogen) atoms. The first-order valence-electron chi connectivity index (χ1n) is 14.2. The summed E-state index contributed by atoms with van der Waals surface area (Å²) in [4.78, 5) is 13.6. The third-order valence-electron chi connectivity index (χ3n) is 12.1. The van der Waals surface area contributed by atoms with Crippen LogP contribution in [0.1, 0.15) is 98.8 Å². The molecule has 4 nitrogen and oxygen atoms in total. The molecule has 0 amide bonds. The molecule has 11 atom stereocenters. The van der Waals surface area contributed by atoms with E-state index in [1.165, 1.54) is 38.5 Å². The lowest BCUT2D eigenvalue weighted by Crippen LogP contribution is -2.77. The highest BCUT2D eigenvalue weighted by atomic mass is 16.5. The number of aliphatic hydroxyl groups excluding tert-OH is 1. The maximum absolute atomic E-state index is 13.6. The number of Topliss-reactive ketones (excluding diaryl/α,β-unsaturated/α-hetero) is 1. The lowest BCUT2D eigenvalue weighted by molar-refractivity contribution is -0.295. The van der Waals surface area contributed by atoms with Gasteiger partial charge >= 0.3 is 0 Å². The van der Waals surface area contributed by atoms with Gasteiger partial charge in [0.25, 0.3) is 0 Å². The van der Waals surface area contributed by atoms with Crippen LogP contribution in [-0.2, 0) is 9.53 Å². The summed E-state index contributed by atoms with van der Waals surface area (Å²) >= 11 is 0. The SMILES string of the molecule is CCC(CCC(C)[C@H]1CC[C@H]2[C@@H]3[C@H]4OC[C@@]5(CC[C@H](O)C[C@]5(O)C4=O)[C@H]3CC[C@]12C)C(C)C. The van der Waals surface area contributed by atoms with Gasteiger partial charge in [-0.15, -0.1) is 0 Å². The molecule has 4 aliphatic carbocycles. The first-order valence-corrected chi connectivity index (χ1v) is 14.2. The maximum Gasteiger partial charge on any atom is 0.194 e. The Hall–Kier alpha value is -0.450. The lowest BCUT2D eigenvalue weighted by Gasteiger charge is -2.68. The summed E-state index contributed by atoms with van der Waals surface area (Å²) < 4.78 is 6.30. The van der Waals surface area contributed by atoms with Crippen LogP contribution in [0.5, 0.6) is 0 Å². The second kappa shape index (κ2) is 8.30. The topological polar surface area (TPSA) is 66.8 Å². The predicted octanol–water partition coefficient (Wildman–Crippen LogP) is 5.39. The number of carbonyl (C=O) groups excluding carboxylic acids is 1. The fourth-order valence-corrected chi connectivity index (χ4v) is 10.2. The van der Waals surface area contributed by atoms with Crippen LogP contribution < -0.4 is 0 Å². The van der Waals surface area contributed by atoms with E-state index in [1.807, 2.05) is 0 Å². The predicted molar refractivity (Wildman–Crippen MR) is 130 cm³/mol. The van der Waals surface area contributed by atoms with Gasteiger partial charge in [0.1, 0.15) is 11.7 Å². The molecule has 0 aromatic heterocycles. The summed E-state index contributed by atoms with van der Waals surface area (Å²) in [6.07, 6.45) is 9.34. The Morgan fingerprint density at radius 2 is 1.82 bits per heavy atom. The molecule has 0 radical (unpaired) electrons. The molecule has 2 heterocycles. The third kappa shape index (κ3) is 3.29. The number of carbonyl (C=O) groups is 1. The monoisotopic (exact) mass is 460 g/mol. The average Bonchev–Trinajstić information content (AvgIpc) is 3.13. The largest absolute Gasteiger partial charge is 0.393 e. The second-order valence-corrected chi connectivity index (χ2v) is 13.5. The number of aliphatic hydroxyl groups is 2. The van der Waals surface area contributed by atoms with Crippen molar-refractivity contribution in [3.05, 3.63) is 0 Å². The summed E-state index contributed by atoms with van der Waals surface area (Å²) in [6.45, 7) is 12.6. The second-order valence-electron chi connectivity index (χ2n) is 13.5. The van der Waals surface area contributed by atoms with Crippen LogP contribution in [0.4, 0.5) is 0 Å². The van der Waals surface area contributed by atoms with Crippen molar-refractivity contribution in [2.75, 3.05) is 6.61 Å². The van der Waals surface area contributed by atoms with E-state index in [2.05, 4.69) is 34.6 Å². The van der Waals surface area contributed by atoms with Crippen molar-refractivity contribution in [1.29, 1.82) is 0 Å². The van der Waals surface area contributed by atoms with Crippen molar-refractivity contribution in [1.82, 2.24) is 0 Å². The van der Waals surface area contributed by atoms with Crippen molar-refractivity contribution >= 4 is 5.78 Å². The minimum Gasteiger partial charge on any atom is -0.393 e. The van der Waals surface area contributed by atoms with Gasteiger partial charge in [-0.25, -0.2) is 0 Å². The molecule has 2 N–H and O–H groups in total. The van der Waals surface area contributed by atoms with E-state index in [0.717, 1.165) is 36.5 Å². The Kier molecular flexibility index (Phi) is 6.10. The zero-order valence-corrected chi connectivity index (χ0v) is 21.7. The molecular formula is C29H48O4.